The summed E-state index contributed by atoms with van der Waals surface area (Å²) in [6.45, 7) is -3.16. The third kappa shape index (κ3) is 4.35. The van der Waals surface area contributed by atoms with Gasteiger partial charge in [-0.3, -0.25) is 4.79 Å². The molecule has 1 aromatic rings. The number of rotatable bonds is 5. The number of halogens is 4. The molecule has 0 saturated carbocycles. The molecule has 1 aromatic carbocycles. The number of carbonyl (C=O) groups excluding carboxylic acids is 1. The van der Waals surface area contributed by atoms with E-state index in [-0.39, 0.29) is 24.4 Å². The molecule has 1 amide bonds. The fraction of sp³-hybridized carbons (Fsp3) is 0.417. The molecule has 1 unspecified atom stereocenters. The largest absolute Gasteiger partial charge is 0.433 e. The lowest BCUT2D eigenvalue weighted by Crippen LogP contribution is -2.26. The Labute approximate surface area is 133 Å². The number of ether oxygens (including phenoxy) is 1. The van der Waals surface area contributed by atoms with Crippen LogP contribution < -0.4 is 9.64 Å². The highest BCUT2D eigenvalue weighted by molar-refractivity contribution is 9.10. The van der Waals surface area contributed by atoms with Crippen LogP contribution in [0.2, 0.25) is 0 Å². The molecule has 0 spiro atoms. The number of carbonyl (C=O) groups is 1. The fourth-order valence-corrected chi connectivity index (χ4v) is 3.44. The molecule has 5 nitrogen and oxygen atoms in total. The van der Waals surface area contributed by atoms with Crippen LogP contribution in [0, 0.1) is 5.92 Å². The van der Waals surface area contributed by atoms with Crippen LogP contribution in [0.25, 0.3) is 0 Å². The van der Waals surface area contributed by atoms with Gasteiger partial charge in [-0.05, 0) is 18.2 Å². The van der Waals surface area contributed by atoms with Crippen molar-refractivity contribution in [2.75, 3.05) is 17.2 Å². The lowest BCUT2D eigenvalue weighted by Gasteiger charge is -2.20. The van der Waals surface area contributed by atoms with Crippen molar-refractivity contribution in [1.29, 1.82) is 0 Å². The van der Waals surface area contributed by atoms with E-state index in [0.29, 0.717) is 4.47 Å². The topological polar surface area (TPSA) is 63.7 Å². The highest BCUT2D eigenvalue weighted by Crippen LogP contribution is 2.36. The summed E-state index contributed by atoms with van der Waals surface area (Å²) in [5, 5.41) is 0. The summed E-state index contributed by atoms with van der Waals surface area (Å²) in [5.74, 6) is -2.21. The summed E-state index contributed by atoms with van der Waals surface area (Å²) in [4.78, 5) is 13.1. The predicted octanol–water partition coefficient (Wildman–Crippen LogP) is 2.70. The molecule has 22 heavy (non-hydrogen) atoms. The van der Waals surface area contributed by atoms with E-state index in [4.69, 9.17) is 0 Å². The van der Waals surface area contributed by atoms with E-state index < -0.39 is 34.4 Å². The molecule has 1 heterocycles. The first kappa shape index (κ1) is 17.1. The van der Waals surface area contributed by atoms with Gasteiger partial charge >= 0.3 is 16.8 Å². The van der Waals surface area contributed by atoms with Crippen LogP contribution in [0.15, 0.2) is 22.7 Å². The molecule has 0 aliphatic carbocycles. The fourth-order valence-electron chi connectivity index (χ4n) is 2.31. The van der Waals surface area contributed by atoms with Gasteiger partial charge in [0.05, 0.1) is 11.4 Å². The standard InChI is InChI=1S/C12H11BrF3NO4S/c13-8-1-2-9(10(4-8)21-12(14)15)17-5-7(3-11(17)18)6-22(16,19)20/h1-2,4,7,12H,3,5-6H2. The normalized spacial score (nSPS) is 19.0. The molecule has 0 bridgehead atoms. The third-order valence-electron chi connectivity index (χ3n) is 3.07. The summed E-state index contributed by atoms with van der Waals surface area (Å²) >= 11 is 3.10. The molecule has 1 fully saturated rings. The highest BCUT2D eigenvalue weighted by Gasteiger charge is 2.35. The van der Waals surface area contributed by atoms with Crippen molar-refractivity contribution in [3.8, 4) is 5.75 Å². The number of alkyl halides is 2. The van der Waals surface area contributed by atoms with Crippen LogP contribution in [0.3, 0.4) is 0 Å². The molecule has 2 rings (SSSR count). The average molecular weight is 402 g/mol. The SMILES string of the molecule is O=C1CC(CS(=O)(=O)F)CN1c1ccc(Br)cc1OC(F)F. The van der Waals surface area contributed by atoms with Gasteiger partial charge in [0.15, 0.2) is 5.75 Å². The molecule has 0 N–H and O–H groups in total. The van der Waals surface area contributed by atoms with Crippen LogP contribution in [0.4, 0.5) is 18.4 Å². The van der Waals surface area contributed by atoms with Crippen molar-refractivity contribution in [2.45, 2.75) is 13.0 Å². The van der Waals surface area contributed by atoms with E-state index in [0.717, 1.165) is 4.90 Å². The second-order valence-electron chi connectivity index (χ2n) is 4.77. The first-order valence-corrected chi connectivity index (χ1v) is 8.47. The summed E-state index contributed by atoms with van der Waals surface area (Å²) < 4.78 is 63.8. The zero-order chi connectivity index (χ0) is 16.5. The van der Waals surface area contributed by atoms with E-state index in [9.17, 15) is 25.9 Å². The summed E-state index contributed by atoms with van der Waals surface area (Å²) in [7, 11) is -4.71. The number of anilines is 1. The van der Waals surface area contributed by atoms with Gasteiger partial charge in [0, 0.05) is 23.4 Å². The summed E-state index contributed by atoms with van der Waals surface area (Å²) in [6, 6.07) is 4.19. The number of benzene rings is 1. The van der Waals surface area contributed by atoms with Crippen LogP contribution in [-0.4, -0.2) is 33.2 Å². The second kappa shape index (κ2) is 6.45. The van der Waals surface area contributed by atoms with E-state index >= 15 is 0 Å². The van der Waals surface area contributed by atoms with Gasteiger partial charge in [-0.25, -0.2) is 0 Å². The molecule has 1 aliphatic rings. The van der Waals surface area contributed by atoms with Gasteiger partial charge < -0.3 is 9.64 Å². The molecule has 0 aromatic heterocycles. The zero-order valence-electron chi connectivity index (χ0n) is 11.0. The maximum atomic E-state index is 12.7. The quantitative estimate of drug-likeness (QED) is 0.711. The molecular weight excluding hydrogens is 391 g/mol. The zero-order valence-corrected chi connectivity index (χ0v) is 13.4. The summed E-state index contributed by atoms with van der Waals surface area (Å²) in [6.07, 6.45) is -0.173. The van der Waals surface area contributed by atoms with E-state index in [2.05, 4.69) is 20.7 Å². The average Bonchev–Trinajstić information content (AvgIpc) is 2.67. The van der Waals surface area contributed by atoms with Gasteiger partial charge in [-0.2, -0.15) is 17.2 Å². The van der Waals surface area contributed by atoms with Crippen LogP contribution >= 0.6 is 15.9 Å². The van der Waals surface area contributed by atoms with Crippen molar-refractivity contribution in [2.24, 2.45) is 5.92 Å². The Hall–Kier alpha value is -1.29. The van der Waals surface area contributed by atoms with Gasteiger partial charge in [-0.15, -0.1) is 3.89 Å². The molecular formula is C12H11BrF3NO4S. The van der Waals surface area contributed by atoms with Crippen molar-refractivity contribution in [3.63, 3.8) is 0 Å². The number of nitrogens with zero attached hydrogens (tertiary/aromatic N) is 1. The lowest BCUT2D eigenvalue weighted by molar-refractivity contribution is -0.117. The Morgan fingerprint density at radius 1 is 1.41 bits per heavy atom. The summed E-state index contributed by atoms with van der Waals surface area (Å²) in [5.41, 5.74) is 0.0901. The number of amides is 1. The maximum absolute atomic E-state index is 12.7. The lowest BCUT2D eigenvalue weighted by atomic mass is 10.1. The van der Waals surface area contributed by atoms with E-state index in [1.165, 1.54) is 18.2 Å². The van der Waals surface area contributed by atoms with Crippen molar-refractivity contribution in [1.82, 2.24) is 0 Å². The number of hydrogen-bond acceptors (Lipinski definition) is 4. The molecule has 122 valence electrons. The Kier molecular flexibility index (Phi) is 5.00. The highest BCUT2D eigenvalue weighted by atomic mass is 79.9. The van der Waals surface area contributed by atoms with Gasteiger partial charge in [0.1, 0.15) is 0 Å². The molecule has 0 radical (unpaired) electrons. The Bertz CT molecular complexity index is 683. The van der Waals surface area contributed by atoms with Gasteiger partial charge in [-0.1, -0.05) is 15.9 Å². The van der Waals surface area contributed by atoms with Crippen LogP contribution in [0.5, 0.6) is 5.75 Å². The minimum atomic E-state index is -4.71. The number of hydrogen-bond donors (Lipinski definition) is 0. The predicted molar refractivity (Wildman–Crippen MR) is 76.1 cm³/mol. The van der Waals surface area contributed by atoms with Crippen molar-refractivity contribution < 1.29 is 30.6 Å². The molecule has 1 atom stereocenters. The van der Waals surface area contributed by atoms with Crippen LogP contribution in [-0.2, 0) is 15.0 Å². The van der Waals surface area contributed by atoms with Gasteiger partial charge in [0.2, 0.25) is 5.91 Å². The third-order valence-corrected chi connectivity index (χ3v) is 4.43. The van der Waals surface area contributed by atoms with Crippen LogP contribution in [0.1, 0.15) is 6.42 Å². The molecule has 1 aliphatic heterocycles. The Balaban J connectivity index is 2.26. The monoisotopic (exact) mass is 401 g/mol. The van der Waals surface area contributed by atoms with E-state index in [1.807, 2.05) is 0 Å². The molecule has 10 heteroatoms. The van der Waals surface area contributed by atoms with E-state index in [1.54, 1.807) is 0 Å². The maximum Gasteiger partial charge on any atom is 0.387 e. The Morgan fingerprint density at radius 2 is 2.09 bits per heavy atom. The smallest absolute Gasteiger partial charge is 0.387 e. The minimum absolute atomic E-state index is 0.0801. The first-order chi connectivity index (χ1) is 10.2. The Morgan fingerprint density at radius 3 is 2.68 bits per heavy atom. The molecule has 1 saturated heterocycles. The van der Waals surface area contributed by atoms with Crippen molar-refractivity contribution >= 4 is 37.7 Å². The van der Waals surface area contributed by atoms with Gasteiger partial charge in [0.25, 0.3) is 0 Å². The second-order valence-corrected chi connectivity index (χ2v) is 7.10. The minimum Gasteiger partial charge on any atom is -0.433 e. The van der Waals surface area contributed by atoms with Crippen molar-refractivity contribution in [3.05, 3.63) is 22.7 Å². The first-order valence-electron chi connectivity index (χ1n) is 6.13.